The molecule has 1 aromatic heterocycles. The number of hydrogen-bond acceptors (Lipinski definition) is 3. The predicted molar refractivity (Wildman–Crippen MR) is 101 cm³/mol. The van der Waals surface area contributed by atoms with Crippen molar-refractivity contribution in [2.24, 2.45) is 5.73 Å². The number of rotatable bonds is 4. The number of hydrogen-bond donors (Lipinski definition) is 1. The van der Waals surface area contributed by atoms with Gasteiger partial charge in [0.15, 0.2) is 0 Å². The van der Waals surface area contributed by atoms with Crippen LogP contribution in [0, 0.1) is 5.95 Å². The zero-order valence-electron chi connectivity index (χ0n) is 15.6. The Kier molecular flexibility index (Phi) is 4.83. The molecule has 0 fully saturated rings. The summed E-state index contributed by atoms with van der Waals surface area (Å²) in [6.07, 6.45) is 3.59. The van der Waals surface area contributed by atoms with Crippen LogP contribution in [0.15, 0.2) is 30.5 Å². The molecule has 1 aliphatic heterocycles. The quantitative estimate of drug-likeness (QED) is 0.833. The highest BCUT2D eigenvalue weighted by atomic mass is 19.1. The van der Waals surface area contributed by atoms with Crippen LogP contribution in [0.2, 0.25) is 0 Å². The Morgan fingerprint density at radius 2 is 2.08 bits per heavy atom. The van der Waals surface area contributed by atoms with Crippen molar-refractivity contribution >= 4 is 5.69 Å². The van der Waals surface area contributed by atoms with Crippen LogP contribution in [-0.4, -0.2) is 11.5 Å². The minimum atomic E-state index is -0.423. The fraction of sp³-hybridized carbons (Fsp3) is 0.476. The van der Waals surface area contributed by atoms with Crippen molar-refractivity contribution in [3.8, 4) is 0 Å². The zero-order chi connectivity index (χ0) is 18.2. The number of anilines is 1. The standard InChI is InChI=1S/C21H28FN3/c1-5-16-11-18-19(12-17(16)14(2)23)25(9-7-21(18,3)4)13-15-6-8-24-20(22)10-15/h6,8,10-12,14H,5,7,9,13,23H2,1-4H3. The number of nitrogens with two attached hydrogens (primary N) is 1. The lowest BCUT2D eigenvalue weighted by molar-refractivity contribution is 0.451. The summed E-state index contributed by atoms with van der Waals surface area (Å²) in [5.74, 6) is -0.423. The molecule has 0 saturated carbocycles. The van der Waals surface area contributed by atoms with Crippen LogP contribution in [0.25, 0.3) is 0 Å². The molecule has 0 spiro atoms. The Morgan fingerprint density at radius 1 is 1.32 bits per heavy atom. The Hall–Kier alpha value is -1.94. The summed E-state index contributed by atoms with van der Waals surface area (Å²) in [7, 11) is 0. The van der Waals surface area contributed by atoms with Crippen molar-refractivity contribution in [2.45, 2.75) is 58.5 Å². The number of pyridine rings is 1. The van der Waals surface area contributed by atoms with E-state index in [1.54, 1.807) is 0 Å². The lowest BCUT2D eigenvalue weighted by Gasteiger charge is -2.41. The summed E-state index contributed by atoms with van der Waals surface area (Å²) < 4.78 is 13.5. The SMILES string of the molecule is CCc1cc2c(cc1C(C)N)N(Cc1ccnc(F)c1)CCC2(C)C. The first-order valence-electron chi connectivity index (χ1n) is 9.10. The van der Waals surface area contributed by atoms with Gasteiger partial charge in [-0.2, -0.15) is 4.39 Å². The van der Waals surface area contributed by atoms with E-state index < -0.39 is 5.95 Å². The molecule has 2 aromatic rings. The maximum Gasteiger partial charge on any atom is 0.213 e. The van der Waals surface area contributed by atoms with E-state index in [4.69, 9.17) is 5.73 Å². The van der Waals surface area contributed by atoms with Gasteiger partial charge in [-0.1, -0.05) is 26.8 Å². The monoisotopic (exact) mass is 341 g/mol. The Labute approximate surface area is 150 Å². The summed E-state index contributed by atoms with van der Waals surface area (Å²) >= 11 is 0. The molecular formula is C21H28FN3. The second kappa shape index (κ2) is 6.75. The van der Waals surface area contributed by atoms with Crippen molar-refractivity contribution in [3.05, 3.63) is 58.7 Å². The zero-order valence-corrected chi connectivity index (χ0v) is 15.6. The Balaban J connectivity index is 2.06. The van der Waals surface area contributed by atoms with Gasteiger partial charge in [-0.3, -0.25) is 0 Å². The fourth-order valence-corrected chi connectivity index (χ4v) is 3.78. The highest BCUT2D eigenvalue weighted by Crippen LogP contribution is 2.42. The lowest BCUT2D eigenvalue weighted by Crippen LogP contribution is -2.37. The Bertz CT molecular complexity index is 768. The van der Waals surface area contributed by atoms with Crippen LogP contribution in [0.5, 0.6) is 0 Å². The topological polar surface area (TPSA) is 42.1 Å². The highest BCUT2D eigenvalue weighted by Gasteiger charge is 2.32. The molecule has 1 unspecified atom stereocenters. The normalized spacial score (nSPS) is 17.3. The molecule has 1 aromatic carbocycles. The molecule has 0 aliphatic carbocycles. The van der Waals surface area contributed by atoms with Crippen LogP contribution in [0.3, 0.4) is 0 Å². The van der Waals surface area contributed by atoms with Crippen LogP contribution >= 0.6 is 0 Å². The molecule has 2 heterocycles. The van der Waals surface area contributed by atoms with E-state index in [2.05, 4.69) is 42.8 Å². The third-order valence-electron chi connectivity index (χ3n) is 5.37. The summed E-state index contributed by atoms with van der Waals surface area (Å²) in [6.45, 7) is 10.5. The second-order valence-electron chi connectivity index (χ2n) is 7.75. The maximum atomic E-state index is 13.5. The molecule has 0 bridgehead atoms. The van der Waals surface area contributed by atoms with Crippen molar-refractivity contribution in [1.82, 2.24) is 4.98 Å². The van der Waals surface area contributed by atoms with Gasteiger partial charge in [-0.05, 0) is 65.6 Å². The average molecular weight is 341 g/mol. The first kappa shape index (κ1) is 17.9. The third-order valence-corrected chi connectivity index (χ3v) is 5.37. The van der Waals surface area contributed by atoms with Gasteiger partial charge in [-0.15, -0.1) is 0 Å². The van der Waals surface area contributed by atoms with Crippen molar-refractivity contribution in [2.75, 3.05) is 11.4 Å². The third kappa shape index (κ3) is 3.54. The molecule has 0 saturated heterocycles. The molecule has 3 nitrogen and oxygen atoms in total. The number of fused-ring (bicyclic) bond motifs is 1. The molecule has 1 atom stereocenters. The average Bonchev–Trinajstić information content (AvgIpc) is 2.56. The van der Waals surface area contributed by atoms with E-state index in [9.17, 15) is 4.39 Å². The molecule has 3 rings (SSSR count). The molecule has 4 heteroatoms. The minimum Gasteiger partial charge on any atom is -0.367 e. The summed E-state index contributed by atoms with van der Waals surface area (Å²) in [4.78, 5) is 6.01. The fourth-order valence-electron chi connectivity index (χ4n) is 3.78. The largest absolute Gasteiger partial charge is 0.367 e. The van der Waals surface area contributed by atoms with Gasteiger partial charge < -0.3 is 10.6 Å². The summed E-state index contributed by atoms with van der Waals surface area (Å²) in [5, 5.41) is 0. The van der Waals surface area contributed by atoms with E-state index in [0.717, 1.165) is 24.9 Å². The number of aryl methyl sites for hydroxylation is 1. The minimum absolute atomic E-state index is 0.00510. The van der Waals surface area contributed by atoms with Crippen molar-refractivity contribution < 1.29 is 4.39 Å². The summed E-state index contributed by atoms with van der Waals surface area (Å²) in [6, 6.07) is 8.01. The smallest absolute Gasteiger partial charge is 0.213 e. The first-order valence-corrected chi connectivity index (χ1v) is 9.10. The second-order valence-corrected chi connectivity index (χ2v) is 7.75. The highest BCUT2D eigenvalue weighted by molar-refractivity contribution is 5.63. The molecule has 0 amide bonds. The van der Waals surface area contributed by atoms with Crippen molar-refractivity contribution in [1.29, 1.82) is 0 Å². The van der Waals surface area contributed by atoms with E-state index in [1.807, 2.05) is 13.0 Å². The molecule has 25 heavy (non-hydrogen) atoms. The predicted octanol–water partition coefficient (Wildman–Crippen LogP) is 4.49. The van der Waals surface area contributed by atoms with Gasteiger partial charge >= 0.3 is 0 Å². The Morgan fingerprint density at radius 3 is 2.72 bits per heavy atom. The van der Waals surface area contributed by atoms with Gasteiger partial charge in [0.25, 0.3) is 0 Å². The van der Waals surface area contributed by atoms with Crippen LogP contribution in [0.4, 0.5) is 10.1 Å². The van der Waals surface area contributed by atoms with Gasteiger partial charge in [0.2, 0.25) is 5.95 Å². The van der Waals surface area contributed by atoms with Crippen molar-refractivity contribution in [3.63, 3.8) is 0 Å². The molecule has 2 N–H and O–H groups in total. The van der Waals surface area contributed by atoms with E-state index in [0.29, 0.717) is 6.54 Å². The van der Waals surface area contributed by atoms with Crippen LogP contribution in [0.1, 0.15) is 62.4 Å². The number of nitrogens with zero attached hydrogens (tertiary/aromatic N) is 2. The van der Waals surface area contributed by atoms with Gasteiger partial charge in [0.1, 0.15) is 0 Å². The van der Waals surface area contributed by atoms with Crippen LogP contribution in [-0.2, 0) is 18.4 Å². The summed E-state index contributed by atoms with van der Waals surface area (Å²) in [5.41, 5.74) is 12.5. The van der Waals surface area contributed by atoms with Crippen LogP contribution < -0.4 is 10.6 Å². The molecule has 0 radical (unpaired) electrons. The number of halogens is 1. The van der Waals surface area contributed by atoms with E-state index in [-0.39, 0.29) is 11.5 Å². The number of benzene rings is 1. The maximum absolute atomic E-state index is 13.5. The van der Waals surface area contributed by atoms with Gasteiger partial charge in [0, 0.05) is 31.0 Å². The molecular weight excluding hydrogens is 313 g/mol. The number of aromatic nitrogens is 1. The first-order chi connectivity index (χ1) is 11.8. The van der Waals surface area contributed by atoms with E-state index in [1.165, 1.54) is 34.6 Å². The lowest BCUT2D eigenvalue weighted by atomic mass is 9.75. The van der Waals surface area contributed by atoms with E-state index >= 15 is 0 Å². The molecule has 1 aliphatic rings. The molecule has 134 valence electrons. The van der Waals surface area contributed by atoms with Gasteiger partial charge in [-0.25, -0.2) is 4.98 Å². The van der Waals surface area contributed by atoms with Gasteiger partial charge in [0.05, 0.1) is 0 Å².